The van der Waals surface area contributed by atoms with E-state index in [9.17, 15) is 8.42 Å². The fourth-order valence-corrected chi connectivity index (χ4v) is 2.94. The molecule has 0 radical (unpaired) electrons. The van der Waals surface area contributed by atoms with Crippen LogP contribution in [0.5, 0.6) is 11.5 Å². The number of nitrogens with one attached hydrogen (secondary N) is 1. The summed E-state index contributed by atoms with van der Waals surface area (Å²) in [5.41, 5.74) is 0.924. The molecule has 0 saturated carbocycles. The van der Waals surface area contributed by atoms with Crippen molar-refractivity contribution in [2.75, 3.05) is 19.4 Å². The number of ether oxygens (including phenoxy) is 2. The van der Waals surface area contributed by atoms with Gasteiger partial charge in [-0.2, -0.15) is 0 Å². The molecule has 0 fully saturated rings. The number of benzene rings is 1. The molecule has 0 unspecified atom stereocenters. The molecule has 0 bridgehead atoms. The van der Waals surface area contributed by atoms with Crippen LogP contribution in [0.15, 0.2) is 18.2 Å². The minimum atomic E-state index is -3.17. The molecule has 1 aromatic rings. The fraction of sp³-hybridized carbons (Fsp3) is 0.571. The standard InChI is InChI=1S/C14H21NO4S/c1-14(2)10-11-6-4-7-12(13(11)19-14)18-8-5-9-20(16,17)15-3/h4,6-7,15H,5,8-10H2,1-3H3. The third-order valence-corrected chi connectivity index (χ3v) is 4.63. The highest BCUT2D eigenvalue weighted by Gasteiger charge is 2.32. The molecule has 1 heterocycles. The van der Waals surface area contributed by atoms with E-state index in [0.29, 0.717) is 18.8 Å². The lowest BCUT2D eigenvalue weighted by Gasteiger charge is -2.18. The maximum absolute atomic E-state index is 11.3. The van der Waals surface area contributed by atoms with Gasteiger partial charge in [0.1, 0.15) is 5.60 Å². The zero-order valence-corrected chi connectivity index (χ0v) is 12.9. The molecule has 20 heavy (non-hydrogen) atoms. The summed E-state index contributed by atoms with van der Waals surface area (Å²) in [6, 6.07) is 5.82. The lowest BCUT2D eigenvalue weighted by molar-refractivity contribution is 0.132. The van der Waals surface area contributed by atoms with E-state index < -0.39 is 10.0 Å². The van der Waals surface area contributed by atoms with Crippen LogP contribution in [0.1, 0.15) is 25.8 Å². The first-order chi connectivity index (χ1) is 9.33. The first kappa shape index (κ1) is 15.1. The van der Waals surface area contributed by atoms with Crippen LogP contribution in [0.4, 0.5) is 0 Å². The van der Waals surface area contributed by atoms with E-state index in [2.05, 4.69) is 4.72 Å². The van der Waals surface area contributed by atoms with Crippen molar-refractivity contribution >= 4 is 10.0 Å². The summed E-state index contributed by atoms with van der Waals surface area (Å²) in [6.45, 7) is 4.42. The van der Waals surface area contributed by atoms with Gasteiger partial charge in [-0.3, -0.25) is 0 Å². The van der Waals surface area contributed by atoms with E-state index in [1.54, 1.807) is 0 Å². The van der Waals surface area contributed by atoms with Crippen molar-refractivity contribution in [2.45, 2.75) is 32.3 Å². The van der Waals surface area contributed by atoms with Crippen molar-refractivity contribution in [1.82, 2.24) is 4.72 Å². The zero-order chi connectivity index (χ0) is 14.8. The van der Waals surface area contributed by atoms with Crippen molar-refractivity contribution in [1.29, 1.82) is 0 Å². The predicted molar refractivity (Wildman–Crippen MR) is 77.8 cm³/mol. The van der Waals surface area contributed by atoms with Gasteiger partial charge in [0.2, 0.25) is 10.0 Å². The van der Waals surface area contributed by atoms with Crippen molar-refractivity contribution in [3.63, 3.8) is 0 Å². The number of hydrogen-bond acceptors (Lipinski definition) is 4. The van der Waals surface area contributed by atoms with Crippen LogP contribution in [0.3, 0.4) is 0 Å². The van der Waals surface area contributed by atoms with Gasteiger partial charge in [-0.25, -0.2) is 13.1 Å². The quantitative estimate of drug-likeness (QED) is 0.812. The lowest BCUT2D eigenvalue weighted by atomic mass is 10.0. The smallest absolute Gasteiger partial charge is 0.211 e. The molecule has 1 aliphatic rings. The Balaban J connectivity index is 1.94. The maximum atomic E-state index is 11.3. The van der Waals surface area contributed by atoms with E-state index >= 15 is 0 Å². The molecule has 1 aromatic carbocycles. The third kappa shape index (κ3) is 3.64. The summed E-state index contributed by atoms with van der Waals surface area (Å²) in [4.78, 5) is 0. The van der Waals surface area contributed by atoms with Crippen LogP contribution in [-0.2, 0) is 16.4 Å². The summed E-state index contributed by atoms with van der Waals surface area (Å²) in [5.74, 6) is 1.54. The number of rotatable bonds is 6. The van der Waals surface area contributed by atoms with Gasteiger partial charge < -0.3 is 9.47 Å². The topological polar surface area (TPSA) is 64.6 Å². The summed E-state index contributed by atoms with van der Waals surface area (Å²) >= 11 is 0. The highest BCUT2D eigenvalue weighted by molar-refractivity contribution is 7.89. The summed E-state index contributed by atoms with van der Waals surface area (Å²) in [5, 5.41) is 0. The minimum Gasteiger partial charge on any atom is -0.490 e. The number of sulfonamides is 1. The monoisotopic (exact) mass is 299 g/mol. The second-order valence-corrected chi connectivity index (χ2v) is 7.55. The molecule has 1 aliphatic heterocycles. The van der Waals surface area contributed by atoms with Crippen LogP contribution in [0.2, 0.25) is 0 Å². The Labute approximate surface area is 120 Å². The van der Waals surface area contributed by atoms with E-state index in [0.717, 1.165) is 17.7 Å². The molecule has 1 N–H and O–H groups in total. The molecule has 6 heteroatoms. The average molecular weight is 299 g/mol. The molecule has 2 rings (SSSR count). The van der Waals surface area contributed by atoms with Crippen molar-refractivity contribution in [2.24, 2.45) is 0 Å². The van der Waals surface area contributed by atoms with Gasteiger partial charge in [-0.15, -0.1) is 0 Å². The van der Waals surface area contributed by atoms with E-state index in [1.807, 2.05) is 32.0 Å². The first-order valence-electron chi connectivity index (χ1n) is 6.68. The highest BCUT2D eigenvalue weighted by Crippen LogP contribution is 2.41. The lowest BCUT2D eigenvalue weighted by Crippen LogP contribution is -2.25. The summed E-state index contributed by atoms with van der Waals surface area (Å²) < 4.78 is 36.4. The second kappa shape index (κ2) is 5.61. The highest BCUT2D eigenvalue weighted by atomic mass is 32.2. The second-order valence-electron chi connectivity index (χ2n) is 5.51. The average Bonchev–Trinajstić information content (AvgIpc) is 2.69. The van der Waals surface area contributed by atoms with E-state index in [-0.39, 0.29) is 11.4 Å². The van der Waals surface area contributed by atoms with Crippen LogP contribution in [0.25, 0.3) is 0 Å². The molecule has 0 amide bonds. The van der Waals surface area contributed by atoms with Crippen LogP contribution in [0, 0.1) is 0 Å². The van der Waals surface area contributed by atoms with Gasteiger partial charge in [-0.1, -0.05) is 12.1 Å². The normalized spacial score (nSPS) is 16.6. The fourth-order valence-electron chi connectivity index (χ4n) is 2.23. The Morgan fingerprint density at radius 2 is 2.15 bits per heavy atom. The van der Waals surface area contributed by atoms with Crippen molar-refractivity contribution < 1.29 is 17.9 Å². The van der Waals surface area contributed by atoms with Crippen molar-refractivity contribution in [3.8, 4) is 11.5 Å². The predicted octanol–water partition coefficient (Wildman–Crippen LogP) is 1.72. The van der Waals surface area contributed by atoms with Gasteiger partial charge >= 0.3 is 0 Å². The Hall–Kier alpha value is -1.27. The van der Waals surface area contributed by atoms with Gasteiger partial charge in [0.15, 0.2) is 11.5 Å². The molecule has 0 spiro atoms. The number of hydrogen-bond donors (Lipinski definition) is 1. The Morgan fingerprint density at radius 1 is 1.40 bits per heavy atom. The molecule has 0 aliphatic carbocycles. The van der Waals surface area contributed by atoms with Gasteiger partial charge in [0.25, 0.3) is 0 Å². The number of para-hydroxylation sites is 1. The molecule has 0 saturated heterocycles. The SMILES string of the molecule is CNS(=O)(=O)CCCOc1cccc2c1OC(C)(C)C2. The zero-order valence-electron chi connectivity index (χ0n) is 12.1. The van der Waals surface area contributed by atoms with Crippen LogP contribution in [-0.4, -0.2) is 33.4 Å². The molecule has 0 atom stereocenters. The van der Waals surface area contributed by atoms with Crippen molar-refractivity contribution in [3.05, 3.63) is 23.8 Å². The van der Waals surface area contributed by atoms with Crippen LogP contribution >= 0.6 is 0 Å². The largest absolute Gasteiger partial charge is 0.490 e. The van der Waals surface area contributed by atoms with Gasteiger partial charge in [0.05, 0.1) is 12.4 Å². The number of fused-ring (bicyclic) bond motifs is 1. The Bertz CT molecular complexity index is 581. The summed E-state index contributed by atoms with van der Waals surface area (Å²) in [7, 11) is -1.75. The van der Waals surface area contributed by atoms with Gasteiger partial charge in [-0.05, 0) is 33.4 Å². The first-order valence-corrected chi connectivity index (χ1v) is 8.33. The Morgan fingerprint density at radius 3 is 2.85 bits per heavy atom. The van der Waals surface area contributed by atoms with Crippen LogP contribution < -0.4 is 14.2 Å². The molecular weight excluding hydrogens is 278 g/mol. The maximum Gasteiger partial charge on any atom is 0.211 e. The molecule has 5 nitrogen and oxygen atoms in total. The molecule has 0 aromatic heterocycles. The summed E-state index contributed by atoms with van der Waals surface area (Å²) in [6.07, 6.45) is 1.30. The third-order valence-electron chi connectivity index (χ3n) is 3.18. The van der Waals surface area contributed by atoms with E-state index in [1.165, 1.54) is 7.05 Å². The minimum absolute atomic E-state index is 0.0604. The van der Waals surface area contributed by atoms with Gasteiger partial charge in [0, 0.05) is 12.0 Å². The molecular formula is C14H21NO4S. The van der Waals surface area contributed by atoms with E-state index in [4.69, 9.17) is 9.47 Å². The Kier molecular flexibility index (Phi) is 4.25. The molecule has 112 valence electrons.